The van der Waals surface area contributed by atoms with E-state index < -0.39 is 6.04 Å². The van der Waals surface area contributed by atoms with Crippen molar-refractivity contribution in [3.63, 3.8) is 0 Å². The van der Waals surface area contributed by atoms with Crippen molar-refractivity contribution in [2.45, 2.75) is 12.5 Å². The van der Waals surface area contributed by atoms with E-state index in [-0.39, 0.29) is 11.7 Å². The molecule has 5 heterocycles. The fraction of sp³-hybridized carbons (Fsp3) is 0.143. The van der Waals surface area contributed by atoms with Crippen molar-refractivity contribution in [1.29, 1.82) is 0 Å². The number of H-pyrrole nitrogens is 1. The molecular weight excluding hydrogens is 483 g/mol. The highest BCUT2D eigenvalue weighted by Gasteiger charge is 2.37. The predicted molar refractivity (Wildman–Crippen MR) is 118 cm³/mol. The Kier molecular flexibility index (Phi) is 4.19. The fourth-order valence-electron chi connectivity index (χ4n) is 4.07. The van der Waals surface area contributed by atoms with Gasteiger partial charge in [0, 0.05) is 29.3 Å². The van der Waals surface area contributed by atoms with E-state index in [4.69, 9.17) is 0 Å². The van der Waals surface area contributed by atoms with Gasteiger partial charge in [-0.05, 0) is 24.3 Å². The molecule has 31 heavy (non-hydrogen) atoms. The standard InChI is InChI=1S/C21H14BrFN6OS/c22-11-4-7-29-15(8-11)12(9-26-29)21(30)28-6-5-14-18(25-10-24-14)19(28)20-27-17-13(23)2-1-3-16(17)31-20/h1-4,7-10,19H,5-6H2,(H,24,25)/t19-/m0/s1. The molecule has 4 aromatic heterocycles. The second-order valence-electron chi connectivity index (χ2n) is 7.29. The molecule has 0 spiro atoms. The van der Waals surface area contributed by atoms with Crippen LogP contribution < -0.4 is 0 Å². The van der Waals surface area contributed by atoms with Crippen molar-refractivity contribution in [3.05, 3.63) is 81.3 Å². The summed E-state index contributed by atoms with van der Waals surface area (Å²) in [6.07, 6.45) is 5.66. The summed E-state index contributed by atoms with van der Waals surface area (Å²) in [5, 5.41) is 4.96. The first-order valence-electron chi connectivity index (χ1n) is 9.61. The van der Waals surface area contributed by atoms with Gasteiger partial charge in [-0.1, -0.05) is 22.0 Å². The summed E-state index contributed by atoms with van der Waals surface area (Å²) in [6.45, 7) is 0.489. The van der Waals surface area contributed by atoms with Gasteiger partial charge in [0.2, 0.25) is 0 Å². The average Bonchev–Trinajstić information content (AvgIpc) is 3.50. The molecule has 6 rings (SSSR count). The lowest BCUT2D eigenvalue weighted by Gasteiger charge is -2.33. The number of fused-ring (bicyclic) bond motifs is 3. The van der Waals surface area contributed by atoms with Crippen molar-refractivity contribution in [3.8, 4) is 0 Å². The van der Waals surface area contributed by atoms with E-state index in [0.717, 1.165) is 20.6 Å². The van der Waals surface area contributed by atoms with E-state index in [1.807, 2.05) is 18.2 Å². The maximum Gasteiger partial charge on any atom is 0.258 e. The SMILES string of the molecule is O=C(c1cnn2ccc(Br)cc12)N1CCc2[nH]cnc2[C@H]1c1nc2c(F)cccc2s1. The van der Waals surface area contributed by atoms with Crippen LogP contribution in [0.3, 0.4) is 0 Å². The van der Waals surface area contributed by atoms with Gasteiger partial charge in [0.25, 0.3) is 5.91 Å². The number of aromatic amines is 1. The Bertz CT molecular complexity index is 1470. The van der Waals surface area contributed by atoms with Crippen LogP contribution in [-0.4, -0.2) is 41.9 Å². The number of hydrogen-bond acceptors (Lipinski definition) is 5. The van der Waals surface area contributed by atoms with E-state index in [9.17, 15) is 9.18 Å². The zero-order valence-electron chi connectivity index (χ0n) is 15.9. The number of imidazole rings is 1. The molecule has 1 atom stereocenters. The highest BCUT2D eigenvalue weighted by Crippen LogP contribution is 2.38. The van der Waals surface area contributed by atoms with Crippen molar-refractivity contribution >= 4 is 48.9 Å². The minimum Gasteiger partial charge on any atom is -0.348 e. The van der Waals surface area contributed by atoms with Crippen LogP contribution >= 0.6 is 27.3 Å². The van der Waals surface area contributed by atoms with Crippen molar-refractivity contribution < 1.29 is 9.18 Å². The summed E-state index contributed by atoms with van der Waals surface area (Å²) in [4.78, 5) is 27.7. The number of nitrogens with one attached hydrogen (secondary N) is 1. The number of nitrogens with zero attached hydrogens (tertiary/aromatic N) is 5. The molecule has 7 nitrogen and oxygen atoms in total. The molecule has 0 radical (unpaired) electrons. The van der Waals surface area contributed by atoms with E-state index in [1.54, 1.807) is 34.2 Å². The zero-order chi connectivity index (χ0) is 21.1. The minimum absolute atomic E-state index is 0.161. The number of thiazole rings is 1. The summed E-state index contributed by atoms with van der Waals surface area (Å²) >= 11 is 4.85. The predicted octanol–water partition coefficient (Wildman–Crippen LogP) is 4.36. The number of benzene rings is 1. The van der Waals surface area contributed by atoms with Gasteiger partial charge < -0.3 is 9.88 Å². The molecule has 0 saturated heterocycles. The van der Waals surface area contributed by atoms with Crippen LogP contribution in [0.1, 0.15) is 32.8 Å². The first-order chi connectivity index (χ1) is 15.1. The molecule has 5 aromatic rings. The van der Waals surface area contributed by atoms with Crippen LogP contribution in [0.4, 0.5) is 4.39 Å². The Morgan fingerprint density at radius 2 is 2.23 bits per heavy atom. The lowest BCUT2D eigenvalue weighted by atomic mass is 10.0. The number of hydrogen-bond donors (Lipinski definition) is 1. The van der Waals surface area contributed by atoms with Crippen LogP contribution in [0.15, 0.2) is 53.5 Å². The van der Waals surface area contributed by atoms with Gasteiger partial charge in [-0.15, -0.1) is 11.3 Å². The molecule has 0 aliphatic carbocycles. The van der Waals surface area contributed by atoms with E-state index in [2.05, 4.69) is 36.0 Å². The number of carbonyl (C=O) groups is 1. The molecule has 1 aromatic carbocycles. The summed E-state index contributed by atoms with van der Waals surface area (Å²) in [5.74, 6) is -0.533. The summed E-state index contributed by atoms with van der Waals surface area (Å²) < 4.78 is 17.6. The van der Waals surface area contributed by atoms with E-state index in [1.165, 1.54) is 17.4 Å². The number of rotatable bonds is 2. The third-order valence-electron chi connectivity index (χ3n) is 5.52. The van der Waals surface area contributed by atoms with Crippen LogP contribution in [0.25, 0.3) is 15.7 Å². The van der Waals surface area contributed by atoms with Crippen molar-refractivity contribution in [2.24, 2.45) is 0 Å². The minimum atomic E-state index is -0.499. The van der Waals surface area contributed by atoms with Gasteiger partial charge in [-0.25, -0.2) is 18.9 Å². The average molecular weight is 497 g/mol. The molecule has 154 valence electrons. The lowest BCUT2D eigenvalue weighted by Crippen LogP contribution is -2.40. The van der Waals surface area contributed by atoms with Crippen LogP contribution in [-0.2, 0) is 6.42 Å². The van der Waals surface area contributed by atoms with Crippen LogP contribution in [0.5, 0.6) is 0 Å². The van der Waals surface area contributed by atoms with Gasteiger partial charge in [0.05, 0.1) is 34.0 Å². The first-order valence-corrected chi connectivity index (χ1v) is 11.2. The highest BCUT2D eigenvalue weighted by atomic mass is 79.9. The number of carbonyl (C=O) groups excluding carboxylic acids is 1. The molecule has 0 saturated carbocycles. The quantitative estimate of drug-likeness (QED) is 0.393. The zero-order valence-corrected chi connectivity index (χ0v) is 18.3. The van der Waals surface area contributed by atoms with Crippen LogP contribution in [0, 0.1) is 5.82 Å². The van der Waals surface area contributed by atoms with Gasteiger partial charge in [0.15, 0.2) is 0 Å². The van der Waals surface area contributed by atoms with Crippen LogP contribution in [0.2, 0.25) is 0 Å². The number of halogens is 2. The normalized spacial score (nSPS) is 16.2. The number of aromatic nitrogens is 5. The second kappa shape index (κ2) is 6.96. The summed E-state index contributed by atoms with van der Waals surface area (Å²) in [6, 6.07) is 8.13. The second-order valence-corrected chi connectivity index (χ2v) is 9.27. The van der Waals surface area contributed by atoms with Crippen molar-refractivity contribution in [1.82, 2.24) is 29.5 Å². The highest BCUT2D eigenvalue weighted by molar-refractivity contribution is 9.10. The molecule has 0 fully saturated rings. The van der Waals surface area contributed by atoms with Gasteiger partial charge in [0.1, 0.15) is 22.4 Å². The summed E-state index contributed by atoms with van der Waals surface area (Å²) in [7, 11) is 0. The lowest BCUT2D eigenvalue weighted by molar-refractivity contribution is 0.0692. The number of para-hydroxylation sites is 1. The van der Waals surface area contributed by atoms with Gasteiger partial charge in [-0.2, -0.15) is 5.10 Å². The number of pyridine rings is 1. The fourth-order valence-corrected chi connectivity index (χ4v) is 5.50. The summed E-state index contributed by atoms with van der Waals surface area (Å²) in [5.41, 5.74) is 3.24. The Hall–Kier alpha value is -3.11. The molecule has 0 bridgehead atoms. The third-order valence-corrected chi connectivity index (χ3v) is 7.09. The molecule has 1 amide bonds. The maximum atomic E-state index is 14.3. The third kappa shape index (κ3) is 2.89. The molecule has 1 aliphatic heterocycles. The monoisotopic (exact) mass is 496 g/mol. The van der Waals surface area contributed by atoms with Gasteiger partial charge >= 0.3 is 0 Å². The van der Waals surface area contributed by atoms with E-state index in [0.29, 0.717) is 34.6 Å². The van der Waals surface area contributed by atoms with E-state index >= 15 is 0 Å². The molecule has 1 aliphatic rings. The number of amides is 1. The molecule has 0 unspecified atom stereocenters. The Balaban J connectivity index is 1.50. The van der Waals surface area contributed by atoms with Gasteiger partial charge in [-0.3, -0.25) is 4.79 Å². The molecule has 10 heteroatoms. The molecule has 1 N–H and O–H groups in total. The largest absolute Gasteiger partial charge is 0.348 e. The first kappa shape index (κ1) is 18.6. The topological polar surface area (TPSA) is 79.2 Å². The Labute approximate surface area is 187 Å². The Morgan fingerprint density at radius 3 is 3.10 bits per heavy atom. The molecular formula is C21H14BrFN6OS. The Morgan fingerprint density at radius 1 is 1.32 bits per heavy atom. The smallest absolute Gasteiger partial charge is 0.258 e. The maximum absolute atomic E-state index is 14.3. The van der Waals surface area contributed by atoms with Crippen molar-refractivity contribution in [2.75, 3.05) is 6.54 Å².